The molecule has 2 unspecified atom stereocenters. The fourth-order valence-electron chi connectivity index (χ4n) is 5.75. The molecule has 3 heterocycles. The second-order valence-electron chi connectivity index (χ2n) is 10.8. The van der Waals surface area contributed by atoms with Crippen molar-refractivity contribution in [2.24, 2.45) is 5.92 Å². The lowest BCUT2D eigenvalue weighted by atomic mass is 9.83. The minimum Gasteiger partial charge on any atom is -0.462 e. The Kier molecular flexibility index (Phi) is 9.67. The summed E-state index contributed by atoms with van der Waals surface area (Å²) in [6.45, 7) is 3.53. The van der Waals surface area contributed by atoms with E-state index in [4.69, 9.17) is 9.47 Å². The summed E-state index contributed by atoms with van der Waals surface area (Å²) in [4.78, 5) is 80.2. The molecule has 0 saturated carbocycles. The molecule has 3 aromatic carbocycles. The Morgan fingerprint density at radius 3 is 1.98 bits per heavy atom. The molecule has 3 atom stereocenters. The Morgan fingerprint density at radius 1 is 0.812 bits per heavy atom. The third kappa shape index (κ3) is 6.34. The quantitative estimate of drug-likeness (QED) is 0.175. The number of benzene rings is 3. The Labute approximate surface area is 291 Å². The first-order valence-electron chi connectivity index (χ1n) is 15.0. The van der Waals surface area contributed by atoms with Crippen molar-refractivity contribution in [3.05, 3.63) is 109 Å². The number of aromatic nitrogens is 1. The van der Waals surface area contributed by atoms with Gasteiger partial charge in [0.05, 0.1) is 41.0 Å². The van der Waals surface area contributed by atoms with E-state index in [1.165, 1.54) is 41.0 Å². The molecule has 1 saturated heterocycles. The normalized spacial score (nSPS) is 18.2. The fourth-order valence-corrected chi connectivity index (χ4v) is 8.79. The number of rotatable bonds is 9. The van der Waals surface area contributed by atoms with Crippen molar-refractivity contribution in [3.63, 3.8) is 0 Å². The Balaban J connectivity index is 1.31. The van der Waals surface area contributed by atoms with E-state index >= 15 is 0 Å². The van der Waals surface area contributed by atoms with E-state index in [9.17, 15) is 28.8 Å². The van der Waals surface area contributed by atoms with Gasteiger partial charge >= 0.3 is 16.8 Å². The number of carbonyl (C=O) groups excluding carboxylic acids is 5. The van der Waals surface area contributed by atoms with Crippen molar-refractivity contribution in [1.82, 2.24) is 4.57 Å². The summed E-state index contributed by atoms with van der Waals surface area (Å²) in [6.07, 6.45) is 0. The predicted molar refractivity (Wildman–Crippen MR) is 184 cm³/mol. The van der Waals surface area contributed by atoms with Gasteiger partial charge in [0.25, 0.3) is 0 Å². The molecule has 0 aliphatic carbocycles. The third-order valence-electron chi connectivity index (χ3n) is 7.90. The Bertz CT molecular complexity index is 1970. The van der Waals surface area contributed by atoms with Gasteiger partial charge in [0.1, 0.15) is 11.8 Å². The van der Waals surface area contributed by atoms with Gasteiger partial charge in [-0.15, -0.1) is 0 Å². The number of esters is 2. The summed E-state index contributed by atoms with van der Waals surface area (Å²) in [5.41, 5.74) is 2.11. The number of thioether (sulfide) groups is 1. The van der Waals surface area contributed by atoms with E-state index in [0.29, 0.717) is 32.4 Å². The fraction of sp³-hybridized carbons (Fsp3) is 0.235. The molecule has 0 spiro atoms. The average Bonchev–Trinajstić information content (AvgIpc) is 3.52. The first-order valence-corrected chi connectivity index (χ1v) is 17.5. The number of thiazole rings is 1. The van der Waals surface area contributed by atoms with Gasteiger partial charge in [-0.25, -0.2) is 14.5 Å². The van der Waals surface area contributed by atoms with Crippen molar-refractivity contribution >= 4 is 80.1 Å². The molecule has 6 rings (SSSR count). The van der Waals surface area contributed by atoms with Crippen LogP contribution in [0.5, 0.6) is 0 Å². The van der Waals surface area contributed by atoms with E-state index in [1.54, 1.807) is 26.0 Å². The van der Waals surface area contributed by atoms with Gasteiger partial charge in [0.2, 0.25) is 17.7 Å². The van der Waals surface area contributed by atoms with Crippen molar-refractivity contribution in [3.8, 4) is 0 Å². The maximum Gasteiger partial charge on any atom is 0.338 e. The SMILES string of the molecule is CCOC(=O)c1ccc(NC(=O)Cn2c3c(sc2=O)[C@H](c2ccc(Br)cc2)C2C(=O)N(c4ccc(C(=O)OCC)cc4)C(=O)C2S3)cc1. The number of carbonyl (C=O) groups is 5. The van der Waals surface area contributed by atoms with Crippen molar-refractivity contribution in [1.29, 1.82) is 0 Å². The number of hydrogen-bond acceptors (Lipinski definition) is 10. The van der Waals surface area contributed by atoms with E-state index in [2.05, 4.69) is 21.2 Å². The van der Waals surface area contributed by atoms with Crippen molar-refractivity contribution < 1.29 is 33.4 Å². The highest BCUT2D eigenvalue weighted by Crippen LogP contribution is 2.54. The summed E-state index contributed by atoms with van der Waals surface area (Å²) < 4.78 is 12.2. The lowest BCUT2D eigenvalue weighted by molar-refractivity contribution is -0.122. The highest BCUT2D eigenvalue weighted by Gasteiger charge is 2.56. The average molecular weight is 751 g/mol. The molecule has 4 aromatic rings. The molecule has 1 aromatic heterocycles. The zero-order valence-corrected chi connectivity index (χ0v) is 28.9. The number of ether oxygens (including phenoxy) is 2. The van der Waals surface area contributed by atoms with Crippen LogP contribution in [0.3, 0.4) is 0 Å². The van der Waals surface area contributed by atoms with Crippen LogP contribution in [0.25, 0.3) is 0 Å². The Hall–Kier alpha value is -4.53. The first kappa shape index (κ1) is 33.4. The number of nitrogens with one attached hydrogen (secondary N) is 1. The lowest BCUT2D eigenvalue weighted by Crippen LogP contribution is -2.33. The van der Waals surface area contributed by atoms with Gasteiger partial charge in [-0.05, 0) is 80.1 Å². The molecule has 2 aliphatic heterocycles. The number of imide groups is 1. The van der Waals surface area contributed by atoms with Gasteiger partial charge in [-0.2, -0.15) is 0 Å². The summed E-state index contributed by atoms with van der Waals surface area (Å²) in [5, 5.41) is 2.33. The number of fused-ring (bicyclic) bond motifs is 2. The smallest absolute Gasteiger partial charge is 0.338 e. The monoisotopic (exact) mass is 749 g/mol. The molecule has 14 heteroatoms. The van der Waals surface area contributed by atoms with Crippen LogP contribution < -0.4 is 15.1 Å². The van der Waals surface area contributed by atoms with Gasteiger partial charge in [0.15, 0.2) is 0 Å². The first-order chi connectivity index (χ1) is 23.1. The molecule has 1 N–H and O–H groups in total. The zero-order chi connectivity index (χ0) is 34.1. The van der Waals surface area contributed by atoms with Gasteiger partial charge < -0.3 is 14.8 Å². The predicted octanol–water partition coefficient (Wildman–Crippen LogP) is 5.46. The van der Waals surface area contributed by atoms with Gasteiger partial charge in [-0.3, -0.25) is 23.7 Å². The van der Waals surface area contributed by atoms with Crippen LogP contribution in [0.2, 0.25) is 0 Å². The van der Waals surface area contributed by atoms with Gasteiger partial charge in [0, 0.05) is 21.0 Å². The van der Waals surface area contributed by atoms with E-state index in [-0.39, 0.29) is 19.8 Å². The zero-order valence-electron chi connectivity index (χ0n) is 25.6. The molecular formula is C34H28BrN3O8S2. The maximum atomic E-state index is 14.1. The topological polar surface area (TPSA) is 141 Å². The highest BCUT2D eigenvalue weighted by atomic mass is 79.9. The standard InChI is InChI=1S/C34H28BrN3O8S2/c1-3-45-32(42)19-7-13-22(14-8-19)36-24(39)17-37-31-28(48-34(37)44)25(18-5-11-21(35)12-6-18)26-27(47-31)30(41)38(29(26)40)23-15-9-20(10-16-23)33(43)46-4-2/h5-16,25-27H,3-4,17H2,1-2H3,(H,36,39)/t25-,26?,27?/m1/s1. The largest absolute Gasteiger partial charge is 0.462 e. The summed E-state index contributed by atoms with van der Waals surface area (Å²) in [6, 6.07) is 19.6. The second kappa shape index (κ2) is 13.9. The molecule has 3 amide bonds. The van der Waals surface area contributed by atoms with E-state index in [0.717, 1.165) is 38.0 Å². The van der Waals surface area contributed by atoms with Crippen LogP contribution in [0, 0.1) is 5.92 Å². The van der Waals surface area contributed by atoms with E-state index in [1.807, 2.05) is 24.3 Å². The molecular weight excluding hydrogens is 722 g/mol. The summed E-state index contributed by atoms with van der Waals surface area (Å²) >= 11 is 5.50. The third-order valence-corrected chi connectivity index (χ3v) is 11.0. The van der Waals surface area contributed by atoms with Crippen molar-refractivity contribution in [2.45, 2.75) is 36.6 Å². The number of halogens is 1. The van der Waals surface area contributed by atoms with Crippen LogP contribution in [-0.2, 0) is 30.4 Å². The van der Waals surface area contributed by atoms with Crippen molar-refractivity contribution in [2.75, 3.05) is 23.4 Å². The number of hydrogen-bond donors (Lipinski definition) is 1. The van der Waals surface area contributed by atoms with Crippen LogP contribution in [0.15, 0.2) is 87.1 Å². The molecule has 48 heavy (non-hydrogen) atoms. The minimum atomic E-state index is -0.873. The molecule has 11 nitrogen and oxygen atoms in total. The number of anilines is 2. The van der Waals surface area contributed by atoms with Crippen LogP contribution in [-0.4, -0.2) is 52.7 Å². The van der Waals surface area contributed by atoms with Crippen LogP contribution in [0.1, 0.15) is 50.9 Å². The highest BCUT2D eigenvalue weighted by molar-refractivity contribution is 9.10. The molecule has 2 aliphatic rings. The van der Waals surface area contributed by atoms with Gasteiger partial charge in [-0.1, -0.05) is 51.2 Å². The molecule has 0 bridgehead atoms. The maximum absolute atomic E-state index is 14.1. The lowest BCUT2D eigenvalue weighted by Gasteiger charge is -2.30. The minimum absolute atomic E-state index is 0.211. The molecule has 0 radical (unpaired) electrons. The molecule has 1 fully saturated rings. The van der Waals surface area contributed by atoms with E-state index < -0.39 is 51.6 Å². The van der Waals surface area contributed by atoms with Crippen LogP contribution in [0.4, 0.5) is 11.4 Å². The summed E-state index contributed by atoms with van der Waals surface area (Å²) in [5.74, 6) is -3.80. The number of amides is 3. The summed E-state index contributed by atoms with van der Waals surface area (Å²) in [7, 11) is 0. The molecule has 246 valence electrons. The second-order valence-corrected chi connectivity index (χ2v) is 13.9. The number of nitrogens with zero attached hydrogens (tertiary/aromatic N) is 2. The van der Waals surface area contributed by atoms with Crippen LogP contribution >= 0.6 is 39.0 Å². The Morgan fingerprint density at radius 2 is 1.40 bits per heavy atom.